The fraction of sp³-hybridized carbons (Fsp3) is 0.659. The third kappa shape index (κ3) is 11.5. The van der Waals surface area contributed by atoms with Crippen molar-refractivity contribution in [3.63, 3.8) is 0 Å². The highest BCUT2D eigenvalue weighted by molar-refractivity contribution is 5.70. The summed E-state index contributed by atoms with van der Waals surface area (Å²) in [5, 5.41) is 42.8. The molecule has 2 aromatic rings. The van der Waals surface area contributed by atoms with E-state index in [0.29, 0.717) is 54.4 Å². The lowest BCUT2D eigenvalue weighted by Gasteiger charge is -2.31. The van der Waals surface area contributed by atoms with Crippen LogP contribution in [0.3, 0.4) is 0 Å². The van der Waals surface area contributed by atoms with Gasteiger partial charge in [0, 0.05) is 42.2 Å². The Balaban J connectivity index is 1.92. The lowest BCUT2D eigenvalue weighted by Crippen LogP contribution is -2.38. The molecule has 9 heteroatoms. The molecule has 0 saturated heterocycles. The fourth-order valence-corrected chi connectivity index (χ4v) is 6.41. The van der Waals surface area contributed by atoms with E-state index in [1.165, 1.54) is 0 Å². The molecule has 0 heterocycles. The van der Waals surface area contributed by atoms with Crippen LogP contribution in [0.1, 0.15) is 143 Å². The average molecular weight is 701 g/mol. The molecule has 282 valence electrons. The smallest absolute Gasteiger partial charge is 0.305 e. The number of aromatic hydroxyl groups is 4. The highest BCUT2D eigenvalue weighted by atomic mass is 16.6. The van der Waals surface area contributed by atoms with Crippen molar-refractivity contribution in [3.8, 4) is 23.0 Å². The molecule has 0 bridgehead atoms. The molecule has 2 aromatic carbocycles. The van der Waals surface area contributed by atoms with Gasteiger partial charge < -0.3 is 34.6 Å². The average Bonchev–Trinajstić information content (AvgIpc) is 2.99. The van der Waals surface area contributed by atoms with Gasteiger partial charge in [-0.15, -0.1) is 0 Å². The molecule has 0 aliphatic heterocycles. The first kappa shape index (κ1) is 42.7. The Hall–Kier alpha value is -3.46. The van der Waals surface area contributed by atoms with E-state index in [2.05, 4.69) is 0 Å². The minimum atomic E-state index is -0.700. The summed E-state index contributed by atoms with van der Waals surface area (Å²) >= 11 is 0. The maximum Gasteiger partial charge on any atom is 0.305 e. The molecule has 9 nitrogen and oxygen atoms in total. The van der Waals surface area contributed by atoms with Crippen molar-refractivity contribution in [2.45, 2.75) is 143 Å². The van der Waals surface area contributed by atoms with Crippen LogP contribution in [0.25, 0.3) is 0 Å². The maximum absolute atomic E-state index is 12.8. The van der Waals surface area contributed by atoms with Crippen molar-refractivity contribution >= 4 is 11.9 Å². The summed E-state index contributed by atoms with van der Waals surface area (Å²) < 4.78 is 16.8. The van der Waals surface area contributed by atoms with E-state index in [0.717, 1.165) is 0 Å². The van der Waals surface area contributed by atoms with Gasteiger partial charge in [0.25, 0.3) is 0 Å². The van der Waals surface area contributed by atoms with Crippen LogP contribution >= 0.6 is 0 Å². The number of hydrogen-bond donors (Lipinski definition) is 4. The second-order valence-corrected chi connectivity index (χ2v) is 17.4. The van der Waals surface area contributed by atoms with Crippen LogP contribution in [0, 0.1) is 5.41 Å². The highest BCUT2D eigenvalue weighted by Gasteiger charge is 2.34. The summed E-state index contributed by atoms with van der Waals surface area (Å²) in [6.07, 6.45) is 3.09. The van der Waals surface area contributed by atoms with Crippen molar-refractivity contribution < 1.29 is 44.2 Å². The third-order valence-corrected chi connectivity index (χ3v) is 9.95. The summed E-state index contributed by atoms with van der Waals surface area (Å²) in [6.45, 7) is 22.0. The first-order valence-corrected chi connectivity index (χ1v) is 17.8. The van der Waals surface area contributed by atoms with Gasteiger partial charge in [-0.05, 0) is 78.0 Å². The predicted octanol–water partition coefficient (Wildman–Crippen LogP) is 8.83. The minimum Gasteiger partial charge on any atom is -0.508 e. The number of ether oxygens (including phenoxy) is 3. The quantitative estimate of drug-likeness (QED) is 0.0940. The molecule has 0 atom stereocenters. The van der Waals surface area contributed by atoms with E-state index >= 15 is 0 Å². The van der Waals surface area contributed by atoms with E-state index < -0.39 is 16.2 Å². The van der Waals surface area contributed by atoms with E-state index in [1.807, 2.05) is 76.2 Å². The minimum absolute atomic E-state index is 0.0378. The largest absolute Gasteiger partial charge is 0.508 e. The maximum atomic E-state index is 12.8. The summed E-state index contributed by atoms with van der Waals surface area (Å²) in [6, 6.07) is 6.50. The van der Waals surface area contributed by atoms with Gasteiger partial charge in [-0.1, -0.05) is 76.2 Å². The molecule has 0 fully saturated rings. The SMILES string of the molecule is CCC(COC)(COC(=O)CCCC(C)(C)c1cc(O)c(C(C)(C)C)cc1O)COC(=O)CCCC(C)(C)c1cc(O)c(C(C)(C)C)cc1O. The molecule has 0 spiro atoms. The number of carbonyl (C=O) groups excluding carboxylic acids is 2. The number of rotatable bonds is 17. The Kier molecular flexibility index (Phi) is 14.3. The normalized spacial score (nSPS) is 13.0. The first-order valence-electron chi connectivity index (χ1n) is 17.8. The highest BCUT2D eigenvalue weighted by Crippen LogP contribution is 2.43. The second-order valence-electron chi connectivity index (χ2n) is 17.4. The molecule has 0 amide bonds. The Morgan fingerprint density at radius 3 is 1.18 bits per heavy atom. The molecule has 2 rings (SSSR count). The Morgan fingerprint density at radius 1 is 0.560 bits per heavy atom. The van der Waals surface area contributed by atoms with Gasteiger partial charge in [-0.2, -0.15) is 0 Å². The van der Waals surface area contributed by atoms with Gasteiger partial charge in [-0.3, -0.25) is 9.59 Å². The standard InChI is InChI=1S/C41H64O9/c1-13-41(24-48-12,25-49-35(46)16-14-18-39(8,9)29-22-31(42)27(20-33(29)44)37(2,3)4)26-50-36(47)17-15-19-40(10,11)30-23-32(43)28(21-34(30)45)38(5,6)7/h20-23,42-45H,13-19,24-26H2,1-12H3. The van der Waals surface area contributed by atoms with Gasteiger partial charge in [0.05, 0.1) is 12.0 Å². The number of methoxy groups -OCH3 is 1. The summed E-state index contributed by atoms with van der Waals surface area (Å²) in [5.74, 6) is -0.224. The van der Waals surface area contributed by atoms with Crippen LogP contribution in [-0.2, 0) is 45.5 Å². The second kappa shape index (κ2) is 16.7. The van der Waals surface area contributed by atoms with Crippen LogP contribution < -0.4 is 0 Å². The lowest BCUT2D eigenvalue weighted by atomic mass is 9.77. The van der Waals surface area contributed by atoms with Crippen molar-refractivity contribution in [1.29, 1.82) is 0 Å². The van der Waals surface area contributed by atoms with Crippen molar-refractivity contribution in [2.24, 2.45) is 5.41 Å². The summed E-state index contributed by atoms with van der Waals surface area (Å²) in [7, 11) is 1.56. The van der Waals surface area contributed by atoms with Crippen molar-refractivity contribution in [1.82, 2.24) is 0 Å². The third-order valence-electron chi connectivity index (χ3n) is 9.95. The molecule has 0 saturated carbocycles. The zero-order valence-electron chi connectivity index (χ0n) is 32.7. The topological polar surface area (TPSA) is 143 Å². The van der Waals surface area contributed by atoms with Crippen molar-refractivity contribution in [2.75, 3.05) is 26.9 Å². The van der Waals surface area contributed by atoms with E-state index in [1.54, 1.807) is 31.4 Å². The van der Waals surface area contributed by atoms with E-state index in [4.69, 9.17) is 14.2 Å². The number of phenolic OH excluding ortho intramolecular Hbond substituents is 4. The molecule has 0 unspecified atom stereocenters. The molecule has 0 aliphatic carbocycles. The first-order chi connectivity index (χ1) is 22.9. The predicted molar refractivity (Wildman–Crippen MR) is 197 cm³/mol. The molecular weight excluding hydrogens is 636 g/mol. The van der Waals surface area contributed by atoms with Gasteiger partial charge in [0.1, 0.15) is 36.2 Å². The van der Waals surface area contributed by atoms with Gasteiger partial charge in [-0.25, -0.2) is 0 Å². The van der Waals surface area contributed by atoms with Gasteiger partial charge in [0.2, 0.25) is 0 Å². The Bertz CT molecular complexity index is 1350. The fourth-order valence-electron chi connectivity index (χ4n) is 6.41. The van der Waals surface area contributed by atoms with E-state index in [-0.39, 0.29) is 78.4 Å². The van der Waals surface area contributed by atoms with Crippen LogP contribution in [0.15, 0.2) is 24.3 Å². The molecular formula is C41H64O9. The Labute approximate surface area is 300 Å². The van der Waals surface area contributed by atoms with Gasteiger partial charge in [0.15, 0.2) is 0 Å². The Morgan fingerprint density at radius 2 is 0.880 bits per heavy atom. The van der Waals surface area contributed by atoms with Crippen LogP contribution in [0.5, 0.6) is 23.0 Å². The number of hydrogen-bond acceptors (Lipinski definition) is 9. The van der Waals surface area contributed by atoms with Gasteiger partial charge >= 0.3 is 11.9 Å². The molecule has 0 radical (unpaired) electrons. The number of carbonyl (C=O) groups is 2. The van der Waals surface area contributed by atoms with Crippen molar-refractivity contribution in [3.05, 3.63) is 46.5 Å². The summed E-state index contributed by atoms with van der Waals surface area (Å²) in [4.78, 5) is 25.6. The molecule has 4 N–H and O–H groups in total. The van der Waals surface area contributed by atoms with E-state index in [9.17, 15) is 30.0 Å². The molecule has 0 aromatic heterocycles. The monoisotopic (exact) mass is 700 g/mol. The van der Waals surface area contributed by atoms with Crippen LogP contribution in [0.4, 0.5) is 0 Å². The lowest BCUT2D eigenvalue weighted by molar-refractivity contribution is -0.157. The van der Waals surface area contributed by atoms with Crippen LogP contribution in [-0.4, -0.2) is 59.3 Å². The summed E-state index contributed by atoms with van der Waals surface area (Å²) in [5.41, 5.74) is 0.254. The number of phenols is 4. The van der Waals surface area contributed by atoms with Crippen LogP contribution in [0.2, 0.25) is 0 Å². The molecule has 0 aliphatic rings. The number of esters is 2. The zero-order valence-corrected chi connectivity index (χ0v) is 32.7. The molecule has 50 heavy (non-hydrogen) atoms. The zero-order chi connectivity index (χ0) is 38.3. The number of benzene rings is 2.